The predicted octanol–water partition coefficient (Wildman–Crippen LogP) is 3.28. The molecule has 1 aliphatic carbocycles. The summed E-state index contributed by atoms with van der Waals surface area (Å²) < 4.78 is 5.38. The third kappa shape index (κ3) is 3.64. The Morgan fingerprint density at radius 2 is 2.00 bits per heavy atom. The number of aliphatic carboxylic acids is 1. The highest BCUT2D eigenvalue weighted by Gasteiger charge is 2.49. The zero-order valence-electron chi connectivity index (χ0n) is 13.2. The van der Waals surface area contributed by atoms with E-state index in [1.807, 2.05) is 6.92 Å². The van der Waals surface area contributed by atoms with Crippen molar-refractivity contribution >= 4 is 12.1 Å². The van der Waals surface area contributed by atoms with Gasteiger partial charge < -0.3 is 9.84 Å². The first kappa shape index (κ1) is 16.8. The normalized spacial score (nSPS) is 26.9. The van der Waals surface area contributed by atoms with E-state index < -0.39 is 23.2 Å². The van der Waals surface area contributed by atoms with Crippen LogP contribution in [0, 0.1) is 5.92 Å². The Labute approximate surface area is 121 Å². The lowest BCUT2D eigenvalue weighted by Gasteiger charge is -2.44. The maximum Gasteiger partial charge on any atom is 0.411 e. The summed E-state index contributed by atoms with van der Waals surface area (Å²) in [5, 5.41) is 9.71. The minimum absolute atomic E-state index is 0.302. The number of nitrogens with zero attached hydrogens (tertiary/aromatic N) is 1. The summed E-state index contributed by atoms with van der Waals surface area (Å²) in [6, 6.07) is 0. The average molecular weight is 285 g/mol. The highest BCUT2D eigenvalue weighted by molar-refractivity contribution is 5.84. The van der Waals surface area contributed by atoms with Crippen molar-refractivity contribution in [2.24, 2.45) is 5.92 Å². The first-order chi connectivity index (χ1) is 9.12. The van der Waals surface area contributed by atoms with Crippen LogP contribution in [-0.4, -0.2) is 39.8 Å². The van der Waals surface area contributed by atoms with Crippen molar-refractivity contribution in [3.8, 4) is 0 Å². The molecule has 1 fully saturated rings. The maximum absolute atomic E-state index is 12.3. The molecule has 0 heterocycles. The van der Waals surface area contributed by atoms with E-state index in [1.165, 1.54) is 4.90 Å². The Morgan fingerprint density at radius 1 is 1.40 bits per heavy atom. The van der Waals surface area contributed by atoms with Crippen molar-refractivity contribution in [2.45, 2.75) is 71.4 Å². The fraction of sp³-hybridized carbons (Fsp3) is 0.867. The highest BCUT2D eigenvalue weighted by Crippen LogP contribution is 2.37. The van der Waals surface area contributed by atoms with Gasteiger partial charge in [-0.3, -0.25) is 4.90 Å². The van der Waals surface area contributed by atoms with Crippen LogP contribution in [0.3, 0.4) is 0 Å². The second-order valence-corrected chi connectivity index (χ2v) is 6.76. The van der Waals surface area contributed by atoms with Crippen LogP contribution in [0.25, 0.3) is 0 Å². The highest BCUT2D eigenvalue weighted by atomic mass is 16.6. The molecule has 20 heavy (non-hydrogen) atoms. The Morgan fingerprint density at radius 3 is 2.40 bits per heavy atom. The van der Waals surface area contributed by atoms with Gasteiger partial charge in [-0.1, -0.05) is 19.8 Å². The Hall–Kier alpha value is -1.26. The summed E-state index contributed by atoms with van der Waals surface area (Å²) in [7, 11) is 0. The van der Waals surface area contributed by atoms with Crippen molar-refractivity contribution in [3.05, 3.63) is 0 Å². The largest absolute Gasteiger partial charge is 0.479 e. The molecule has 1 saturated carbocycles. The molecule has 1 aliphatic rings. The number of carboxylic acid groups (broad SMARTS) is 1. The van der Waals surface area contributed by atoms with Crippen LogP contribution in [-0.2, 0) is 9.53 Å². The van der Waals surface area contributed by atoms with E-state index >= 15 is 0 Å². The summed E-state index contributed by atoms with van der Waals surface area (Å²) in [5.41, 5.74) is -1.74. The number of hydrogen-bond donors (Lipinski definition) is 1. The van der Waals surface area contributed by atoms with E-state index in [0.717, 1.165) is 12.8 Å². The Kier molecular flexibility index (Phi) is 5.05. The van der Waals surface area contributed by atoms with Gasteiger partial charge in [-0.05, 0) is 46.5 Å². The van der Waals surface area contributed by atoms with Crippen molar-refractivity contribution in [3.63, 3.8) is 0 Å². The van der Waals surface area contributed by atoms with Crippen LogP contribution in [0.4, 0.5) is 4.79 Å². The molecule has 0 bridgehead atoms. The van der Waals surface area contributed by atoms with E-state index in [0.29, 0.717) is 25.3 Å². The standard InChI is InChI=1S/C15H27NO4/c1-6-16(13(19)20-14(3,4)5)15(12(17)18)9-7-8-11(2)10-15/h11H,6-10H2,1-5H3,(H,17,18). The number of carboxylic acids is 1. The van der Waals surface area contributed by atoms with E-state index in [2.05, 4.69) is 0 Å². The van der Waals surface area contributed by atoms with Gasteiger partial charge in [-0.2, -0.15) is 0 Å². The third-order valence-electron chi connectivity index (χ3n) is 3.82. The van der Waals surface area contributed by atoms with E-state index in [-0.39, 0.29) is 0 Å². The van der Waals surface area contributed by atoms with Crippen LogP contribution >= 0.6 is 0 Å². The zero-order valence-corrected chi connectivity index (χ0v) is 13.2. The van der Waals surface area contributed by atoms with E-state index in [9.17, 15) is 14.7 Å². The molecule has 0 aromatic rings. The molecule has 0 aromatic heterocycles. The Balaban J connectivity index is 3.04. The second-order valence-electron chi connectivity index (χ2n) is 6.76. The van der Waals surface area contributed by atoms with Crippen molar-refractivity contribution in [2.75, 3.05) is 6.54 Å². The van der Waals surface area contributed by atoms with Gasteiger partial charge >= 0.3 is 12.1 Å². The third-order valence-corrected chi connectivity index (χ3v) is 3.82. The van der Waals surface area contributed by atoms with Crippen LogP contribution in [0.1, 0.15) is 60.3 Å². The fourth-order valence-corrected chi connectivity index (χ4v) is 3.00. The van der Waals surface area contributed by atoms with Crippen molar-refractivity contribution < 1.29 is 19.4 Å². The lowest BCUT2D eigenvalue weighted by Crippen LogP contribution is -2.59. The lowest BCUT2D eigenvalue weighted by atomic mass is 9.75. The predicted molar refractivity (Wildman–Crippen MR) is 76.6 cm³/mol. The first-order valence-corrected chi connectivity index (χ1v) is 7.36. The van der Waals surface area contributed by atoms with Crippen molar-refractivity contribution in [1.29, 1.82) is 0 Å². The zero-order chi connectivity index (χ0) is 15.6. The number of rotatable bonds is 3. The molecule has 5 nitrogen and oxygen atoms in total. The number of hydrogen-bond acceptors (Lipinski definition) is 3. The number of carbonyl (C=O) groups excluding carboxylic acids is 1. The summed E-state index contributed by atoms with van der Waals surface area (Å²) >= 11 is 0. The molecule has 0 aromatic carbocycles. The molecule has 0 aliphatic heterocycles. The van der Waals surface area contributed by atoms with Gasteiger partial charge in [0, 0.05) is 6.54 Å². The fourth-order valence-electron chi connectivity index (χ4n) is 3.00. The van der Waals surface area contributed by atoms with Crippen LogP contribution in [0.2, 0.25) is 0 Å². The topological polar surface area (TPSA) is 66.8 Å². The molecule has 5 heteroatoms. The van der Waals surface area contributed by atoms with Gasteiger partial charge in [0.25, 0.3) is 0 Å². The monoisotopic (exact) mass is 285 g/mol. The smallest absolute Gasteiger partial charge is 0.411 e. The molecular formula is C15H27NO4. The molecule has 2 atom stereocenters. The Bertz CT molecular complexity index is 375. The molecule has 0 radical (unpaired) electrons. The number of carbonyl (C=O) groups is 2. The summed E-state index contributed by atoms with van der Waals surface area (Å²) in [6.07, 6.45) is 2.31. The van der Waals surface area contributed by atoms with E-state index in [1.54, 1.807) is 27.7 Å². The molecule has 0 saturated heterocycles. The molecule has 1 rings (SSSR count). The van der Waals surface area contributed by atoms with Crippen molar-refractivity contribution in [1.82, 2.24) is 4.90 Å². The SMILES string of the molecule is CCN(C(=O)OC(C)(C)C)C1(C(=O)O)CCCC(C)C1. The second kappa shape index (κ2) is 6.02. The molecule has 2 unspecified atom stereocenters. The molecule has 116 valence electrons. The van der Waals surface area contributed by atoms with Gasteiger partial charge in [-0.25, -0.2) is 9.59 Å². The first-order valence-electron chi connectivity index (χ1n) is 7.36. The van der Waals surface area contributed by atoms with E-state index in [4.69, 9.17) is 4.74 Å². The van der Waals surface area contributed by atoms with Gasteiger partial charge in [0.05, 0.1) is 0 Å². The number of amides is 1. The summed E-state index contributed by atoms with van der Waals surface area (Å²) in [4.78, 5) is 25.6. The number of likely N-dealkylation sites (N-methyl/N-ethyl adjacent to an activating group) is 1. The molecule has 1 amide bonds. The minimum Gasteiger partial charge on any atom is -0.479 e. The van der Waals surface area contributed by atoms with Crippen LogP contribution in [0.5, 0.6) is 0 Å². The van der Waals surface area contributed by atoms with Gasteiger partial charge in [0.2, 0.25) is 0 Å². The summed E-state index contributed by atoms with van der Waals surface area (Å²) in [5.74, 6) is -0.618. The van der Waals surface area contributed by atoms with Gasteiger partial charge in [-0.15, -0.1) is 0 Å². The minimum atomic E-state index is -1.12. The summed E-state index contributed by atoms with van der Waals surface area (Å²) in [6.45, 7) is 9.54. The quantitative estimate of drug-likeness (QED) is 0.864. The van der Waals surface area contributed by atoms with Crippen LogP contribution < -0.4 is 0 Å². The van der Waals surface area contributed by atoms with Gasteiger partial charge in [0.1, 0.15) is 11.1 Å². The maximum atomic E-state index is 12.3. The molecular weight excluding hydrogens is 258 g/mol. The average Bonchev–Trinajstić information content (AvgIpc) is 2.27. The van der Waals surface area contributed by atoms with Gasteiger partial charge in [0.15, 0.2) is 0 Å². The van der Waals surface area contributed by atoms with Crippen LogP contribution in [0.15, 0.2) is 0 Å². The molecule has 0 spiro atoms. The number of ether oxygens (including phenoxy) is 1. The lowest BCUT2D eigenvalue weighted by molar-refractivity contribution is -0.154. The molecule has 1 N–H and O–H groups in total.